The molecule has 23 heavy (non-hydrogen) atoms. The van der Waals surface area contributed by atoms with Crippen LogP contribution < -0.4 is 0 Å². The summed E-state index contributed by atoms with van der Waals surface area (Å²) >= 11 is 0. The number of rotatable bonds is 2. The summed E-state index contributed by atoms with van der Waals surface area (Å²) in [6.07, 6.45) is 0.772. The van der Waals surface area contributed by atoms with Crippen molar-refractivity contribution < 1.29 is 14.7 Å². The maximum Gasteiger partial charge on any atom is 0.254 e. The zero-order valence-corrected chi connectivity index (χ0v) is 12.4. The lowest BCUT2D eigenvalue weighted by Crippen LogP contribution is -2.24. The van der Waals surface area contributed by atoms with Gasteiger partial charge in [0.15, 0.2) is 6.29 Å². The zero-order valence-electron chi connectivity index (χ0n) is 12.4. The van der Waals surface area contributed by atoms with Crippen LogP contribution in [0.25, 0.3) is 10.9 Å². The van der Waals surface area contributed by atoms with Gasteiger partial charge in [-0.25, -0.2) is 0 Å². The predicted molar refractivity (Wildman–Crippen MR) is 85.7 cm³/mol. The van der Waals surface area contributed by atoms with Gasteiger partial charge in [-0.1, -0.05) is 18.2 Å². The van der Waals surface area contributed by atoms with Crippen LogP contribution in [-0.2, 0) is 0 Å². The molecule has 4 rings (SSSR count). The normalized spacial score (nSPS) is 16.8. The number of amides is 1. The molecule has 3 aromatic rings. The van der Waals surface area contributed by atoms with Gasteiger partial charge in [-0.3, -0.25) is 9.59 Å². The Morgan fingerprint density at radius 3 is 2.78 bits per heavy atom. The van der Waals surface area contributed by atoms with Crippen LogP contribution >= 0.6 is 0 Å². The number of carbonyl (C=O) groups excluding carboxylic acids is 2. The Hall–Kier alpha value is -3.08. The molecule has 5 heteroatoms. The van der Waals surface area contributed by atoms with Crippen LogP contribution in [0.1, 0.15) is 38.0 Å². The lowest BCUT2D eigenvalue weighted by molar-refractivity contribution is 0.0793. The van der Waals surface area contributed by atoms with Gasteiger partial charge in [-0.2, -0.15) is 0 Å². The fourth-order valence-corrected chi connectivity index (χ4v) is 3.41. The molecule has 2 aromatic carbocycles. The van der Waals surface area contributed by atoms with Crippen LogP contribution in [0.5, 0.6) is 5.75 Å². The van der Waals surface area contributed by atoms with Gasteiger partial charge >= 0.3 is 0 Å². The highest BCUT2D eigenvalue weighted by atomic mass is 16.3. The van der Waals surface area contributed by atoms with Gasteiger partial charge in [0.1, 0.15) is 5.75 Å². The minimum atomic E-state index is -0.402. The first kappa shape index (κ1) is 13.6. The minimum Gasteiger partial charge on any atom is -0.508 e. The van der Waals surface area contributed by atoms with Gasteiger partial charge in [0, 0.05) is 29.1 Å². The number of fused-ring (bicyclic) bond motifs is 2. The number of aromatic nitrogens is 1. The number of phenolic OH excluding ortho intramolecular Hbond substituents is 1. The summed E-state index contributed by atoms with van der Waals surface area (Å²) < 4.78 is 0. The van der Waals surface area contributed by atoms with Crippen LogP contribution in [0, 0.1) is 0 Å². The van der Waals surface area contributed by atoms with Crippen LogP contribution in [-0.4, -0.2) is 34.2 Å². The molecule has 2 heterocycles. The highest BCUT2D eigenvalue weighted by Crippen LogP contribution is 2.42. The van der Waals surface area contributed by atoms with Gasteiger partial charge in [0.05, 0.1) is 11.7 Å². The molecule has 0 saturated carbocycles. The van der Waals surface area contributed by atoms with Crippen molar-refractivity contribution in [1.82, 2.24) is 9.88 Å². The number of nitrogens with zero attached hydrogens (tertiary/aromatic N) is 1. The molecule has 0 fully saturated rings. The van der Waals surface area contributed by atoms with Gasteiger partial charge in [-0.05, 0) is 29.8 Å². The number of benzene rings is 2. The predicted octanol–water partition coefficient (Wildman–Crippen LogP) is 2.86. The second-order valence-electron chi connectivity index (χ2n) is 5.71. The fraction of sp³-hybridized carbons (Fsp3) is 0.111. The number of nitrogens with one attached hydrogen (secondary N) is 1. The average Bonchev–Trinajstić information content (AvgIpc) is 3.03. The van der Waals surface area contributed by atoms with E-state index in [1.165, 1.54) is 6.07 Å². The molecular weight excluding hydrogens is 292 g/mol. The zero-order chi connectivity index (χ0) is 16.1. The van der Waals surface area contributed by atoms with E-state index in [2.05, 4.69) is 4.98 Å². The summed E-state index contributed by atoms with van der Waals surface area (Å²) in [6, 6.07) is 11.9. The summed E-state index contributed by atoms with van der Waals surface area (Å²) in [5.41, 5.74) is 3.32. The molecule has 114 valence electrons. The van der Waals surface area contributed by atoms with E-state index in [0.29, 0.717) is 16.8 Å². The molecule has 1 atom stereocenters. The second-order valence-corrected chi connectivity index (χ2v) is 5.71. The summed E-state index contributed by atoms with van der Waals surface area (Å²) in [6.45, 7) is 0. The van der Waals surface area contributed by atoms with E-state index in [1.54, 1.807) is 24.1 Å². The first-order valence-electron chi connectivity index (χ1n) is 7.27. The Labute approximate surface area is 132 Å². The van der Waals surface area contributed by atoms with Crippen molar-refractivity contribution >= 4 is 23.1 Å². The van der Waals surface area contributed by atoms with Crippen LogP contribution in [0.2, 0.25) is 0 Å². The number of aldehydes is 1. The number of phenols is 1. The molecular formula is C18H14N2O3. The lowest BCUT2D eigenvalue weighted by Gasteiger charge is -2.21. The Bertz CT molecular complexity index is 958. The van der Waals surface area contributed by atoms with E-state index in [4.69, 9.17) is 0 Å². The maximum atomic E-state index is 12.5. The molecule has 1 aliphatic heterocycles. The molecule has 1 amide bonds. The monoisotopic (exact) mass is 306 g/mol. The van der Waals surface area contributed by atoms with Crippen molar-refractivity contribution in [2.24, 2.45) is 0 Å². The Morgan fingerprint density at radius 1 is 1.22 bits per heavy atom. The maximum absolute atomic E-state index is 12.5. The first-order valence-corrected chi connectivity index (χ1v) is 7.27. The Kier molecular flexibility index (Phi) is 2.78. The van der Waals surface area contributed by atoms with E-state index < -0.39 is 6.04 Å². The largest absolute Gasteiger partial charge is 0.508 e. The fourth-order valence-electron chi connectivity index (χ4n) is 3.41. The van der Waals surface area contributed by atoms with E-state index in [9.17, 15) is 14.7 Å². The van der Waals surface area contributed by atoms with Crippen molar-refractivity contribution in [3.05, 3.63) is 64.8 Å². The average molecular weight is 306 g/mol. The Morgan fingerprint density at radius 2 is 2.00 bits per heavy atom. The number of aromatic hydroxyl groups is 1. The molecule has 1 aliphatic rings. The minimum absolute atomic E-state index is 0.101. The van der Waals surface area contributed by atoms with E-state index in [1.807, 2.05) is 24.3 Å². The number of hydrogen-bond donors (Lipinski definition) is 2. The molecule has 5 nitrogen and oxygen atoms in total. The van der Waals surface area contributed by atoms with Gasteiger partial charge < -0.3 is 15.0 Å². The smallest absolute Gasteiger partial charge is 0.254 e. The number of para-hydroxylation sites is 1. The van der Waals surface area contributed by atoms with Gasteiger partial charge in [-0.15, -0.1) is 0 Å². The molecule has 0 unspecified atom stereocenters. The molecule has 0 radical (unpaired) electrons. The van der Waals surface area contributed by atoms with Crippen molar-refractivity contribution in [2.75, 3.05) is 7.05 Å². The van der Waals surface area contributed by atoms with Gasteiger partial charge in [0.25, 0.3) is 5.91 Å². The third-order valence-electron chi connectivity index (χ3n) is 4.44. The number of aromatic amines is 1. The number of carbonyl (C=O) groups is 2. The number of H-pyrrole nitrogens is 1. The van der Waals surface area contributed by atoms with E-state index in [-0.39, 0.29) is 11.7 Å². The highest BCUT2D eigenvalue weighted by Gasteiger charge is 2.38. The molecule has 1 aromatic heterocycles. The summed E-state index contributed by atoms with van der Waals surface area (Å²) in [4.78, 5) is 28.7. The third kappa shape index (κ3) is 1.80. The molecule has 0 bridgehead atoms. The van der Waals surface area contributed by atoms with Crippen LogP contribution in [0.4, 0.5) is 0 Å². The van der Waals surface area contributed by atoms with Crippen molar-refractivity contribution in [1.29, 1.82) is 0 Å². The Balaban J connectivity index is 2.04. The second kappa shape index (κ2) is 4.71. The van der Waals surface area contributed by atoms with Crippen molar-refractivity contribution in [3.8, 4) is 5.75 Å². The van der Waals surface area contributed by atoms with Crippen molar-refractivity contribution in [2.45, 2.75) is 6.04 Å². The molecule has 0 aliphatic carbocycles. The summed E-state index contributed by atoms with van der Waals surface area (Å²) in [5.74, 6) is -0.0172. The number of hydrogen-bond acceptors (Lipinski definition) is 3. The summed E-state index contributed by atoms with van der Waals surface area (Å²) in [7, 11) is 1.71. The van der Waals surface area contributed by atoms with Gasteiger partial charge in [0.2, 0.25) is 0 Å². The van der Waals surface area contributed by atoms with Crippen molar-refractivity contribution in [3.63, 3.8) is 0 Å². The topological polar surface area (TPSA) is 73.4 Å². The molecule has 0 spiro atoms. The van der Waals surface area contributed by atoms with E-state index >= 15 is 0 Å². The third-order valence-corrected chi connectivity index (χ3v) is 4.44. The van der Waals surface area contributed by atoms with Crippen LogP contribution in [0.3, 0.4) is 0 Å². The molecule has 0 saturated heterocycles. The first-order chi connectivity index (χ1) is 11.1. The standard InChI is InChI=1S/C18H14N2O3/c1-20-17(13-8-10(22)6-7-11(13)18(20)23)16-12-4-2-3-5-14(12)19-15(16)9-21/h2-9,17,19,22H,1H3/t17-/m0/s1. The lowest BCUT2D eigenvalue weighted by atomic mass is 9.95. The van der Waals surface area contributed by atoms with Crippen LogP contribution in [0.15, 0.2) is 42.5 Å². The highest BCUT2D eigenvalue weighted by molar-refractivity contribution is 6.02. The molecule has 2 N–H and O–H groups in total. The SMILES string of the molecule is CN1C(=O)c2ccc(O)cc2[C@H]1c1c(C=O)[nH]c2ccccc12. The summed E-state index contributed by atoms with van der Waals surface area (Å²) in [5, 5.41) is 10.7. The quantitative estimate of drug-likeness (QED) is 0.715. The van der Waals surface area contributed by atoms with E-state index in [0.717, 1.165) is 22.8 Å².